The molecule has 1 amide bonds. The Morgan fingerprint density at radius 1 is 1.10 bits per heavy atom. The molecule has 2 aromatic rings. The van der Waals surface area contributed by atoms with Gasteiger partial charge in [0.15, 0.2) is 6.10 Å². The lowest BCUT2D eigenvalue weighted by atomic mass is 9.74. The van der Waals surface area contributed by atoms with E-state index in [9.17, 15) is 13.2 Å². The second kappa shape index (κ2) is 8.88. The van der Waals surface area contributed by atoms with Crippen LogP contribution in [0.15, 0.2) is 54.6 Å². The summed E-state index contributed by atoms with van der Waals surface area (Å²) in [6.45, 7) is 3.28. The molecule has 2 aliphatic heterocycles. The molecule has 1 N–H and O–H groups in total. The first-order chi connectivity index (χ1) is 15.0. The van der Waals surface area contributed by atoms with E-state index in [1.165, 1.54) is 9.87 Å². The summed E-state index contributed by atoms with van der Waals surface area (Å²) in [7, 11) is -3.53. The molecule has 0 unspecified atom stereocenters. The van der Waals surface area contributed by atoms with Gasteiger partial charge in [-0.2, -0.15) is 0 Å². The number of hydrogen-bond acceptors (Lipinski definition) is 5. The molecule has 0 bridgehead atoms. The van der Waals surface area contributed by atoms with Crippen LogP contribution in [0, 0.1) is 0 Å². The van der Waals surface area contributed by atoms with Gasteiger partial charge in [0.2, 0.25) is 10.0 Å². The van der Waals surface area contributed by atoms with Gasteiger partial charge in [-0.05, 0) is 37.5 Å². The van der Waals surface area contributed by atoms with Crippen LogP contribution in [0.5, 0.6) is 5.75 Å². The van der Waals surface area contributed by atoms with E-state index in [1.54, 1.807) is 31.2 Å². The average molecular weight is 445 g/mol. The Balaban J connectivity index is 1.53. The predicted molar refractivity (Wildman–Crippen MR) is 119 cm³/mol. The van der Waals surface area contributed by atoms with Crippen molar-refractivity contribution in [2.45, 2.75) is 31.3 Å². The molecule has 1 atom stereocenters. The van der Waals surface area contributed by atoms with Crippen LogP contribution in [0.4, 0.5) is 5.69 Å². The SMILES string of the molecule is CCS(=O)(=O)N1C[C@@H](C(=O)NCC2(c3ccccc3)CCOCC2)Oc2ccccc21. The molecule has 0 aliphatic carbocycles. The molecule has 8 heteroatoms. The molecule has 0 radical (unpaired) electrons. The maximum absolute atomic E-state index is 13.1. The van der Waals surface area contributed by atoms with E-state index in [-0.39, 0.29) is 23.6 Å². The van der Waals surface area contributed by atoms with Crippen molar-refractivity contribution in [2.75, 3.05) is 36.4 Å². The quantitative estimate of drug-likeness (QED) is 0.740. The molecule has 2 aliphatic rings. The van der Waals surface area contributed by atoms with E-state index in [4.69, 9.17) is 9.47 Å². The molecule has 7 nitrogen and oxygen atoms in total. The lowest BCUT2D eigenvalue weighted by molar-refractivity contribution is -0.128. The summed E-state index contributed by atoms with van der Waals surface area (Å²) in [5.41, 5.74) is 1.43. The summed E-state index contributed by atoms with van der Waals surface area (Å²) in [6.07, 6.45) is 0.702. The Labute approximate surface area is 183 Å². The highest BCUT2D eigenvalue weighted by molar-refractivity contribution is 7.92. The molecule has 2 aromatic carbocycles. The summed E-state index contributed by atoms with van der Waals surface area (Å²) < 4.78 is 38.1. The van der Waals surface area contributed by atoms with Crippen molar-refractivity contribution in [1.29, 1.82) is 0 Å². The number of fused-ring (bicyclic) bond motifs is 1. The van der Waals surface area contributed by atoms with Crippen LogP contribution < -0.4 is 14.4 Å². The molecule has 1 saturated heterocycles. The van der Waals surface area contributed by atoms with Crippen LogP contribution in [0.3, 0.4) is 0 Å². The first-order valence-corrected chi connectivity index (χ1v) is 12.2. The first-order valence-electron chi connectivity index (χ1n) is 10.6. The molecule has 166 valence electrons. The Morgan fingerprint density at radius 2 is 1.77 bits per heavy atom. The van der Waals surface area contributed by atoms with Crippen LogP contribution in [0.2, 0.25) is 0 Å². The number of carbonyl (C=O) groups is 1. The largest absolute Gasteiger partial charge is 0.476 e. The molecule has 2 heterocycles. The standard InChI is InChI=1S/C23H28N2O5S/c1-2-31(27,28)25-16-21(30-20-11-7-6-10-19(20)25)22(26)24-17-23(12-14-29-15-13-23)18-8-4-3-5-9-18/h3-11,21H,2,12-17H2,1H3,(H,24,26)/t21-/m0/s1. The lowest BCUT2D eigenvalue weighted by Gasteiger charge is -2.39. The molecular formula is C23H28N2O5S. The minimum Gasteiger partial charge on any atom is -0.476 e. The van der Waals surface area contributed by atoms with E-state index in [0.29, 0.717) is 31.2 Å². The summed E-state index contributed by atoms with van der Waals surface area (Å²) in [5.74, 6) is 0.0367. The molecule has 0 spiro atoms. The second-order valence-electron chi connectivity index (χ2n) is 7.98. The lowest BCUT2D eigenvalue weighted by Crippen LogP contribution is -2.53. The highest BCUT2D eigenvalue weighted by atomic mass is 32.2. The average Bonchev–Trinajstić information content (AvgIpc) is 2.83. The van der Waals surface area contributed by atoms with E-state index in [2.05, 4.69) is 17.4 Å². The van der Waals surface area contributed by atoms with Crippen LogP contribution in [-0.4, -0.2) is 52.5 Å². The number of ether oxygens (including phenoxy) is 2. The van der Waals surface area contributed by atoms with Gasteiger partial charge >= 0.3 is 0 Å². The Kier molecular flexibility index (Phi) is 6.20. The smallest absolute Gasteiger partial charge is 0.263 e. The van der Waals surface area contributed by atoms with Crippen LogP contribution >= 0.6 is 0 Å². The fourth-order valence-electron chi connectivity index (χ4n) is 4.25. The highest BCUT2D eigenvalue weighted by Gasteiger charge is 2.38. The minimum absolute atomic E-state index is 0.0412. The third-order valence-electron chi connectivity index (χ3n) is 6.16. The van der Waals surface area contributed by atoms with Crippen molar-refractivity contribution >= 4 is 21.6 Å². The number of benzene rings is 2. The number of hydrogen-bond donors (Lipinski definition) is 1. The number of para-hydroxylation sites is 2. The summed E-state index contributed by atoms with van der Waals surface area (Å²) >= 11 is 0. The molecule has 4 rings (SSSR count). The van der Waals surface area contributed by atoms with Gasteiger partial charge in [0.25, 0.3) is 5.91 Å². The first kappa shape index (κ1) is 21.6. The van der Waals surface area contributed by atoms with Crippen molar-refractivity contribution < 1.29 is 22.7 Å². The Bertz CT molecular complexity index is 1020. The Morgan fingerprint density at radius 3 is 2.48 bits per heavy atom. The molecular weight excluding hydrogens is 416 g/mol. The monoisotopic (exact) mass is 444 g/mol. The predicted octanol–water partition coefficient (Wildman–Crippen LogP) is 2.47. The second-order valence-corrected chi connectivity index (χ2v) is 10.2. The van der Waals surface area contributed by atoms with Crippen LogP contribution in [0.25, 0.3) is 0 Å². The summed E-state index contributed by atoms with van der Waals surface area (Å²) in [5, 5.41) is 3.04. The van der Waals surface area contributed by atoms with Crippen LogP contribution in [0.1, 0.15) is 25.3 Å². The number of rotatable bonds is 6. The van der Waals surface area contributed by atoms with Crippen molar-refractivity contribution in [3.05, 3.63) is 60.2 Å². The van der Waals surface area contributed by atoms with E-state index in [0.717, 1.165) is 12.8 Å². The van der Waals surface area contributed by atoms with E-state index in [1.807, 2.05) is 18.2 Å². The number of nitrogens with zero attached hydrogens (tertiary/aromatic N) is 1. The van der Waals surface area contributed by atoms with Crippen molar-refractivity contribution in [3.63, 3.8) is 0 Å². The summed E-state index contributed by atoms with van der Waals surface area (Å²) in [6, 6.07) is 17.1. The topological polar surface area (TPSA) is 84.9 Å². The van der Waals surface area contributed by atoms with Gasteiger partial charge < -0.3 is 14.8 Å². The minimum atomic E-state index is -3.53. The zero-order valence-corrected chi connectivity index (χ0v) is 18.4. The Hall–Kier alpha value is -2.58. The number of anilines is 1. The molecule has 31 heavy (non-hydrogen) atoms. The van der Waals surface area contributed by atoms with Gasteiger partial charge in [-0.25, -0.2) is 8.42 Å². The summed E-state index contributed by atoms with van der Waals surface area (Å²) in [4.78, 5) is 13.1. The normalized spacial score (nSPS) is 20.4. The number of sulfonamides is 1. The van der Waals surface area contributed by atoms with Gasteiger partial charge in [-0.1, -0.05) is 42.5 Å². The highest BCUT2D eigenvalue weighted by Crippen LogP contribution is 2.36. The van der Waals surface area contributed by atoms with Crippen LogP contribution in [-0.2, 0) is 25.0 Å². The number of nitrogens with one attached hydrogen (secondary N) is 1. The maximum Gasteiger partial charge on any atom is 0.263 e. The van der Waals surface area contributed by atoms with Gasteiger partial charge in [0.05, 0.1) is 18.0 Å². The third-order valence-corrected chi connectivity index (χ3v) is 7.91. The van der Waals surface area contributed by atoms with Crippen molar-refractivity contribution in [1.82, 2.24) is 5.32 Å². The maximum atomic E-state index is 13.1. The van der Waals surface area contributed by atoms with E-state index < -0.39 is 16.1 Å². The van der Waals surface area contributed by atoms with Gasteiger partial charge in [-0.15, -0.1) is 0 Å². The third kappa shape index (κ3) is 4.41. The fraction of sp³-hybridized carbons (Fsp3) is 0.435. The van der Waals surface area contributed by atoms with Gasteiger partial charge in [0, 0.05) is 25.2 Å². The van der Waals surface area contributed by atoms with Gasteiger partial charge in [-0.3, -0.25) is 9.10 Å². The van der Waals surface area contributed by atoms with Gasteiger partial charge in [0.1, 0.15) is 5.75 Å². The zero-order chi connectivity index (χ0) is 21.9. The molecule has 0 saturated carbocycles. The molecule has 0 aromatic heterocycles. The number of amides is 1. The van der Waals surface area contributed by atoms with E-state index >= 15 is 0 Å². The fourth-order valence-corrected chi connectivity index (χ4v) is 5.37. The van der Waals surface area contributed by atoms with Crippen molar-refractivity contribution in [2.24, 2.45) is 0 Å². The zero-order valence-electron chi connectivity index (χ0n) is 17.6. The number of carbonyl (C=O) groups excluding carboxylic acids is 1. The molecule has 1 fully saturated rings. The van der Waals surface area contributed by atoms with Crippen molar-refractivity contribution in [3.8, 4) is 5.75 Å².